The predicted octanol–water partition coefficient (Wildman–Crippen LogP) is 6.50. The summed E-state index contributed by atoms with van der Waals surface area (Å²) in [6.45, 7) is 0.0548. The van der Waals surface area contributed by atoms with Crippen LogP contribution >= 0.6 is 0 Å². The number of halogens is 3. The molecule has 0 spiro atoms. The van der Waals surface area contributed by atoms with Gasteiger partial charge in [-0.15, -0.1) is 0 Å². The zero-order valence-electron chi connectivity index (χ0n) is 22.6. The van der Waals surface area contributed by atoms with E-state index in [0.717, 1.165) is 28.6 Å². The van der Waals surface area contributed by atoms with E-state index in [-0.39, 0.29) is 30.3 Å². The molecule has 1 amide bonds. The third-order valence-electron chi connectivity index (χ3n) is 7.84. The number of rotatable bonds is 4. The number of para-hydroxylation sites is 1. The highest BCUT2D eigenvalue weighted by Crippen LogP contribution is 2.45. The van der Waals surface area contributed by atoms with Crippen LogP contribution < -0.4 is 9.47 Å². The second kappa shape index (κ2) is 9.97. The normalized spacial score (nSPS) is 17.6. The largest absolute Gasteiger partial charge is 0.467 e. The van der Waals surface area contributed by atoms with Crippen LogP contribution in [0, 0.1) is 0 Å². The molecular weight excluding hydrogens is 565 g/mol. The van der Waals surface area contributed by atoms with Crippen molar-refractivity contribution >= 4 is 22.8 Å². The van der Waals surface area contributed by atoms with Gasteiger partial charge in [0, 0.05) is 28.6 Å². The van der Waals surface area contributed by atoms with Crippen LogP contribution in [0.1, 0.15) is 39.0 Å². The molecule has 1 N–H and O–H groups in total. The van der Waals surface area contributed by atoms with Gasteiger partial charge >= 0.3 is 12.1 Å². The van der Waals surface area contributed by atoms with Crippen molar-refractivity contribution in [2.45, 2.75) is 24.7 Å². The van der Waals surface area contributed by atoms with Gasteiger partial charge in [-0.25, -0.2) is 4.79 Å². The van der Waals surface area contributed by atoms with Crippen LogP contribution in [0.15, 0.2) is 83.3 Å². The summed E-state index contributed by atoms with van der Waals surface area (Å²) in [4.78, 5) is 32.5. The average Bonchev–Trinajstić information content (AvgIpc) is 3.77. The Balaban J connectivity index is 1.36. The Kier molecular flexibility index (Phi) is 6.19. The number of hydrogen-bond acceptors (Lipinski definition) is 6. The third-order valence-corrected chi connectivity index (χ3v) is 7.84. The van der Waals surface area contributed by atoms with E-state index in [0.29, 0.717) is 22.8 Å². The van der Waals surface area contributed by atoms with E-state index in [1.165, 1.54) is 36.3 Å². The highest BCUT2D eigenvalue weighted by atomic mass is 19.4. The molecule has 0 radical (unpaired) electrons. The summed E-state index contributed by atoms with van der Waals surface area (Å²) < 4.78 is 62.1. The van der Waals surface area contributed by atoms with Gasteiger partial charge in [-0.3, -0.25) is 4.79 Å². The Bertz CT molecular complexity index is 1890. The van der Waals surface area contributed by atoms with Crippen LogP contribution in [-0.2, 0) is 22.1 Å². The maximum absolute atomic E-state index is 14.3. The van der Waals surface area contributed by atoms with E-state index in [1.54, 1.807) is 18.2 Å². The van der Waals surface area contributed by atoms with Crippen LogP contribution in [0.3, 0.4) is 0 Å². The summed E-state index contributed by atoms with van der Waals surface area (Å²) in [5.74, 6) is -0.290. The first kappa shape index (κ1) is 26.7. The molecule has 43 heavy (non-hydrogen) atoms. The van der Waals surface area contributed by atoms with Crippen LogP contribution in [0.5, 0.6) is 11.5 Å². The number of nitrogens with one attached hydrogen (secondary N) is 1. The minimum atomic E-state index is -4.54. The third kappa shape index (κ3) is 4.48. The molecule has 0 aliphatic carbocycles. The van der Waals surface area contributed by atoms with E-state index in [1.807, 2.05) is 24.3 Å². The molecule has 0 saturated carbocycles. The second-order valence-electron chi connectivity index (χ2n) is 10.3. The van der Waals surface area contributed by atoms with Gasteiger partial charge in [0.05, 0.1) is 18.7 Å². The number of furan rings is 1. The summed E-state index contributed by atoms with van der Waals surface area (Å²) in [5.41, 5.74) is 2.36. The topological polar surface area (TPSA) is 94.0 Å². The van der Waals surface area contributed by atoms with Crippen molar-refractivity contribution in [3.63, 3.8) is 0 Å². The van der Waals surface area contributed by atoms with Gasteiger partial charge in [0.15, 0.2) is 17.3 Å². The van der Waals surface area contributed by atoms with Gasteiger partial charge in [0.1, 0.15) is 11.8 Å². The number of amides is 1. The van der Waals surface area contributed by atoms with Gasteiger partial charge in [-0.1, -0.05) is 36.4 Å². The number of ether oxygens (including phenoxy) is 3. The molecule has 7 rings (SSSR count). The molecule has 2 atom stereocenters. The number of alkyl halides is 3. The van der Waals surface area contributed by atoms with Gasteiger partial charge in [-0.05, 0) is 53.6 Å². The molecule has 0 fully saturated rings. The van der Waals surface area contributed by atoms with Gasteiger partial charge in [0.2, 0.25) is 6.79 Å². The van der Waals surface area contributed by atoms with E-state index >= 15 is 0 Å². The molecule has 0 saturated heterocycles. The Morgan fingerprint density at radius 3 is 2.58 bits per heavy atom. The molecule has 11 heteroatoms. The molecule has 2 aliphatic heterocycles. The Labute approximate surface area is 242 Å². The van der Waals surface area contributed by atoms with Crippen LogP contribution in [-0.4, -0.2) is 41.7 Å². The van der Waals surface area contributed by atoms with Crippen molar-refractivity contribution < 1.29 is 41.4 Å². The molecule has 3 aromatic carbocycles. The lowest BCUT2D eigenvalue weighted by Gasteiger charge is -2.40. The number of aromatic amines is 1. The fourth-order valence-electron chi connectivity index (χ4n) is 5.87. The number of hydrogen-bond donors (Lipinski definition) is 1. The number of methoxy groups -OCH3 is 1. The minimum Gasteiger partial charge on any atom is -0.467 e. The van der Waals surface area contributed by atoms with E-state index in [2.05, 4.69) is 4.98 Å². The number of esters is 1. The molecule has 5 aromatic rings. The minimum absolute atomic E-state index is 0.0548. The Morgan fingerprint density at radius 1 is 0.953 bits per heavy atom. The number of H-pyrrole nitrogens is 1. The predicted molar refractivity (Wildman–Crippen MR) is 148 cm³/mol. The highest BCUT2D eigenvalue weighted by Gasteiger charge is 2.45. The Morgan fingerprint density at radius 2 is 1.77 bits per heavy atom. The number of carbonyl (C=O) groups is 2. The average molecular weight is 589 g/mol. The molecule has 0 bridgehead atoms. The Hall–Kier alpha value is -5.19. The maximum Gasteiger partial charge on any atom is 0.416 e. The summed E-state index contributed by atoms with van der Waals surface area (Å²) in [5, 5.41) is 0.911. The number of fused-ring (bicyclic) bond motifs is 4. The maximum atomic E-state index is 14.3. The molecule has 2 aliphatic rings. The molecule has 218 valence electrons. The van der Waals surface area contributed by atoms with Crippen molar-refractivity contribution in [1.82, 2.24) is 9.88 Å². The van der Waals surface area contributed by atoms with Gasteiger partial charge < -0.3 is 28.5 Å². The zero-order valence-corrected chi connectivity index (χ0v) is 22.6. The molecule has 2 unspecified atom stereocenters. The summed E-state index contributed by atoms with van der Waals surface area (Å²) >= 11 is 0. The molecule has 4 heterocycles. The van der Waals surface area contributed by atoms with Crippen molar-refractivity contribution in [2.24, 2.45) is 0 Å². The van der Waals surface area contributed by atoms with Crippen molar-refractivity contribution in [3.8, 4) is 22.8 Å². The summed E-state index contributed by atoms with van der Waals surface area (Å²) in [6.07, 6.45) is -4.38. The first-order chi connectivity index (χ1) is 20.7. The van der Waals surface area contributed by atoms with Gasteiger partial charge in [-0.2, -0.15) is 13.2 Å². The fourth-order valence-corrected chi connectivity index (χ4v) is 5.87. The zero-order chi connectivity index (χ0) is 29.9. The van der Waals surface area contributed by atoms with Gasteiger partial charge in [0.25, 0.3) is 5.91 Å². The fraction of sp³-hybridized carbons (Fsp3) is 0.188. The SMILES string of the molecule is COC(=O)C1Cc2c([nH]c3ccccc23)C(c2ccc3c(c2)OCO3)N1C(=O)c1ccc(-c2cccc(C(F)(F)F)c2)o1. The quantitative estimate of drug-likeness (QED) is 0.241. The number of aromatic nitrogens is 1. The van der Waals surface area contributed by atoms with E-state index in [9.17, 15) is 22.8 Å². The number of benzene rings is 3. The van der Waals surface area contributed by atoms with Crippen LogP contribution in [0.4, 0.5) is 13.2 Å². The molecule has 8 nitrogen and oxygen atoms in total. The van der Waals surface area contributed by atoms with Crippen LogP contribution in [0.2, 0.25) is 0 Å². The van der Waals surface area contributed by atoms with Crippen molar-refractivity contribution in [1.29, 1.82) is 0 Å². The lowest BCUT2D eigenvalue weighted by Crippen LogP contribution is -2.51. The highest BCUT2D eigenvalue weighted by molar-refractivity contribution is 5.97. The monoisotopic (exact) mass is 588 g/mol. The smallest absolute Gasteiger partial charge is 0.416 e. The standard InChI is InChI=1S/C32H23F3N2O6/c1-40-31(39)23-15-21-20-7-2-3-8-22(20)36-28(21)29(18-9-10-25-27(14-18)42-16-41-25)37(23)30(38)26-12-11-24(43-26)17-5-4-6-19(13-17)32(33,34)35/h2-14,23,29,36H,15-16H2,1H3. The summed E-state index contributed by atoms with van der Waals surface area (Å²) in [6, 6.07) is 18.6. The number of carbonyl (C=O) groups excluding carboxylic acids is 2. The first-order valence-corrected chi connectivity index (χ1v) is 13.4. The first-order valence-electron chi connectivity index (χ1n) is 13.4. The van der Waals surface area contributed by atoms with E-state index in [4.69, 9.17) is 18.6 Å². The lowest BCUT2D eigenvalue weighted by atomic mass is 9.87. The van der Waals surface area contributed by atoms with Crippen molar-refractivity contribution in [3.05, 3.63) is 107 Å². The lowest BCUT2D eigenvalue weighted by molar-refractivity contribution is -0.147. The second-order valence-corrected chi connectivity index (χ2v) is 10.3. The van der Waals surface area contributed by atoms with E-state index < -0.39 is 35.7 Å². The van der Waals surface area contributed by atoms with Crippen LogP contribution in [0.25, 0.3) is 22.2 Å². The van der Waals surface area contributed by atoms with Crippen molar-refractivity contribution in [2.75, 3.05) is 13.9 Å². The summed E-state index contributed by atoms with van der Waals surface area (Å²) in [7, 11) is 1.25. The molecule has 2 aromatic heterocycles. The molecular formula is C32H23F3N2O6. The number of nitrogens with zero attached hydrogens (tertiary/aromatic N) is 1.